The van der Waals surface area contributed by atoms with Crippen molar-refractivity contribution in [2.45, 2.75) is 13.3 Å². The van der Waals surface area contributed by atoms with Crippen molar-refractivity contribution < 1.29 is 0 Å². The lowest BCUT2D eigenvalue weighted by Crippen LogP contribution is -1.96. The summed E-state index contributed by atoms with van der Waals surface area (Å²) in [7, 11) is 0. The fraction of sp³-hybridized carbons (Fsp3) is 0.133. The molecule has 5 heteroatoms. The molecule has 3 rings (SSSR count). The van der Waals surface area contributed by atoms with Gasteiger partial charge < -0.3 is 11.1 Å². The smallest absolute Gasteiger partial charge is 0.187 e. The minimum Gasteiger partial charge on any atom is -0.398 e. The van der Waals surface area contributed by atoms with Crippen molar-refractivity contribution in [3.8, 4) is 10.6 Å². The van der Waals surface area contributed by atoms with E-state index in [1.54, 1.807) is 22.7 Å². The second-order valence-corrected chi connectivity index (χ2v) is 6.21. The zero-order chi connectivity index (χ0) is 13.9. The van der Waals surface area contributed by atoms with Gasteiger partial charge in [-0.3, -0.25) is 0 Å². The zero-order valence-electron chi connectivity index (χ0n) is 11.1. The van der Waals surface area contributed by atoms with Crippen molar-refractivity contribution in [3.05, 3.63) is 46.7 Å². The molecule has 20 heavy (non-hydrogen) atoms. The van der Waals surface area contributed by atoms with Crippen LogP contribution in [0.2, 0.25) is 0 Å². The van der Waals surface area contributed by atoms with E-state index in [2.05, 4.69) is 40.1 Å². The van der Waals surface area contributed by atoms with Crippen LogP contribution in [0.15, 0.2) is 41.1 Å². The maximum absolute atomic E-state index is 6.01. The number of anilines is 3. The molecular formula is C15H15N3S2. The Balaban J connectivity index is 1.80. The third-order valence-corrected chi connectivity index (χ3v) is 4.71. The van der Waals surface area contributed by atoms with Crippen molar-refractivity contribution >= 4 is 39.2 Å². The van der Waals surface area contributed by atoms with Gasteiger partial charge >= 0.3 is 0 Å². The molecule has 0 fully saturated rings. The molecule has 3 nitrogen and oxygen atoms in total. The van der Waals surface area contributed by atoms with Crippen LogP contribution in [-0.2, 0) is 6.42 Å². The molecule has 0 amide bonds. The van der Waals surface area contributed by atoms with Gasteiger partial charge in [0.15, 0.2) is 5.13 Å². The average Bonchev–Trinajstić information content (AvgIpc) is 3.09. The van der Waals surface area contributed by atoms with Gasteiger partial charge in [0.25, 0.3) is 0 Å². The molecule has 0 bridgehead atoms. The number of thiazole rings is 1. The summed E-state index contributed by atoms with van der Waals surface area (Å²) in [5, 5.41) is 8.33. The third kappa shape index (κ3) is 2.69. The number of nitrogens with two attached hydrogens (primary N) is 1. The predicted molar refractivity (Wildman–Crippen MR) is 88.9 cm³/mol. The normalized spacial score (nSPS) is 10.7. The number of benzene rings is 1. The Morgan fingerprint density at radius 2 is 2.15 bits per heavy atom. The van der Waals surface area contributed by atoms with Crippen LogP contribution in [0.4, 0.5) is 16.5 Å². The van der Waals surface area contributed by atoms with Crippen LogP contribution in [0.5, 0.6) is 0 Å². The molecule has 0 radical (unpaired) electrons. The number of nitrogens with zero attached hydrogens (tertiary/aromatic N) is 1. The van der Waals surface area contributed by atoms with E-state index >= 15 is 0 Å². The predicted octanol–water partition coefficient (Wildman–Crippen LogP) is 4.76. The van der Waals surface area contributed by atoms with E-state index in [0.29, 0.717) is 0 Å². The number of hydrogen-bond donors (Lipinski definition) is 2. The summed E-state index contributed by atoms with van der Waals surface area (Å²) < 4.78 is 0. The van der Waals surface area contributed by atoms with Crippen LogP contribution in [0.25, 0.3) is 10.6 Å². The molecule has 1 aromatic carbocycles. The van der Waals surface area contributed by atoms with Gasteiger partial charge in [0.05, 0.1) is 10.6 Å². The fourth-order valence-electron chi connectivity index (χ4n) is 1.99. The second kappa shape index (κ2) is 5.64. The minimum absolute atomic E-state index is 0.826. The zero-order valence-corrected chi connectivity index (χ0v) is 12.7. The largest absolute Gasteiger partial charge is 0.398 e. The molecule has 0 atom stereocenters. The van der Waals surface area contributed by atoms with E-state index in [9.17, 15) is 0 Å². The topological polar surface area (TPSA) is 50.9 Å². The van der Waals surface area contributed by atoms with Crippen molar-refractivity contribution in [2.75, 3.05) is 11.1 Å². The van der Waals surface area contributed by atoms with Crippen LogP contribution in [0.1, 0.15) is 12.5 Å². The molecule has 2 heterocycles. The molecule has 0 saturated heterocycles. The van der Waals surface area contributed by atoms with E-state index in [0.717, 1.165) is 28.6 Å². The van der Waals surface area contributed by atoms with E-state index in [1.807, 2.05) is 18.2 Å². The summed E-state index contributed by atoms with van der Waals surface area (Å²) in [5.74, 6) is 0. The van der Waals surface area contributed by atoms with Gasteiger partial charge in [0, 0.05) is 16.8 Å². The van der Waals surface area contributed by atoms with Crippen LogP contribution < -0.4 is 11.1 Å². The lowest BCUT2D eigenvalue weighted by Gasteiger charge is -2.07. The monoisotopic (exact) mass is 301 g/mol. The standard InChI is InChI=1S/C15H15N3S2/c1-2-10-5-6-11(8-12(10)16)17-15-18-13(9-20-15)14-4-3-7-19-14/h3-9H,2,16H2,1H3,(H,17,18). The average molecular weight is 301 g/mol. The lowest BCUT2D eigenvalue weighted by atomic mass is 10.1. The molecule has 0 spiro atoms. The van der Waals surface area contributed by atoms with E-state index in [4.69, 9.17) is 5.73 Å². The number of nitrogen functional groups attached to an aromatic ring is 1. The van der Waals surface area contributed by atoms with E-state index in [-0.39, 0.29) is 0 Å². The highest BCUT2D eigenvalue weighted by atomic mass is 32.1. The highest BCUT2D eigenvalue weighted by Gasteiger charge is 2.06. The quantitative estimate of drug-likeness (QED) is 0.683. The summed E-state index contributed by atoms with van der Waals surface area (Å²) in [4.78, 5) is 5.79. The lowest BCUT2D eigenvalue weighted by molar-refractivity contribution is 1.14. The van der Waals surface area contributed by atoms with Crippen molar-refractivity contribution in [2.24, 2.45) is 0 Å². The van der Waals surface area contributed by atoms with Gasteiger partial charge in [-0.1, -0.05) is 19.1 Å². The molecule has 2 aromatic heterocycles. The first-order valence-electron chi connectivity index (χ1n) is 6.41. The number of hydrogen-bond acceptors (Lipinski definition) is 5. The number of rotatable bonds is 4. The first-order chi connectivity index (χ1) is 9.76. The fourth-order valence-corrected chi connectivity index (χ4v) is 3.48. The van der Waals surface area contributed by atoms with Gasteiger partial charge in [0.2, 0.25) is 0 Å². The molecular weight excluding hydrogens is 286 g/mol. The van der Waals surface area contributed by atoms with Crippen LogP contribution in [-0.4, -0.2) is 4.98 Å². The molecule has 102 valence electrons. The first-order valence-corrected chi connectivity index (χ1v) is 8.17. The Bertz CT molecular complexity index is 702. The third-order valence-electron chi connectivity index (χ3n) is 3.06. The van der Waals surface area contributed by atoms with Crippen molar-refractivity contribution in [1.29, 1.82) is 0 Å². The Hall–Kier alpha value is -1.85. The first kappa shape index (κ1) is 13.1. The molecule has 0 saturated carbocycles. The highest BCUT2D eigenvalue weighted by molar-refractivity contribution is 7.16. The van der Waals surface area contributed by atoms with Crippen LogP contribution in [0, 0.1) is 0 Å². The number of thiophene rings is 1. The Kier molecular flexibility index (Phi) is 3.71. The van der Waals surface area contributed by atoms with Crippen molar-refractivity contribution in [1.82, 2.24) is 4.98 Å². The summed E-state index contributed by atoms with van der Waals surface area (Å²) in [6.07, 6.45) is 0.950. The van der Waals surface area contributed by atoms with Crippen LogP contribution in [0.3, 0.4) is 0 Å². The maximum atomic E-state index is 6.01. The van der Waals surface area contributed by atoms with Gasteiger partial charge in [-0.05, 0) is 35.6 Å². The maximum Gasteiger partial charge on any atom is 0.187 e. The van der Waals surface area contributed by atoms with Gasteiger partial charge in [-0.2, -0.15) is 0 Å². The highest BCUT2D eigenvalue weighted by Crippen LogP contribution is 2.30. The number of nitrogens with one attached hydrogen (secondary N) is 1. The molecule has 3 aromatic rings. The van der Waals surface area contributed by atoms with Gasteiger partial charge in [-0.15, -0.1) is 22.7 Å². The SMILES string of the molecule is CCc1ccc(Nc2nc(-c3cccs3)cs2)cc1N. The Morgan fingerprint density at radius 1 is 1.25 bits per heavy atom. The van der Waals surface area contributed by atoms with E-state index < -0.39 is 0 Å². The van der Waals surface area contributed by atoms with E-state index in [1.165, 1.54) is 10.4 Å². The molecule has 0 unspecified atom stereocenters. The molecule has 3 N–H and O–H groups in total. The van der Waals surface area contributed by atoms with Crippen LogP contribution >= 0.6 is 22.7 Å². The second-order valence-electron chi connectivity index (χ2n) is 4.41. The summed E-state index contributed by atoms with van der Waals surface area (Å²) in [5.41, 5.74) is 10.0. The number of aryl methyl sites for hydroxylation is 1. The molecule has 0 aliphatic carbocycles. The summed E-state index contributed by atoms with van der Waals surface area (Å²) in [6.45, 7) is 2.10. The van der Waals surface area contributed by atoms with Crippen molar-refractivity contribution in [3.63, 3.8) is 0 Å². The van der Waals surface area contributed by atoms with Gasteiger partial charge in [-0.25, -0.2) is 4.98 Å². The minimum atomic E-state index is 0.826. The molecule has 0 aliphatic heterocycles. The molecule has 0 aliphatic rings. The Morgan fingerprint density at radius 3 is 2.85 bits per heavy atom. The summed E-state index contributed by atoms with van der Waals surface area (Å²) in [6, 6.07) is 10.2. The Labute approximate surface area is 126 Å². The summed E-state index contributed by atoms with van der Waals surface area (Å²) >= 11 is 3.30. The number of aromatic nitrogens is 1. The van der Waals surface area contributed by atoms with Gasteiger partial charge in [0.1, 0.15) is 0 Å².